The van der Waals surface area contributed by atoms with Gasteiger partial charge in [-0.3, -0.25) is 5.01 Å². The molecule has 1 aromatic carbocycles. The summed E-state index contributed by atoms with van der Waals surface area (Å²) in [4.78, 5) is 2.23. The summed E-state index contributed by atoms with van der Waals surface area (Å²) in [6, 6.07) is 10.7. The van der Waals surface area contributed by atoms with Crippen molar-refractivity contribution in [2.75, 3.05) is 27.2 Å². The molecule has 3 heteroatoms. The monoisotopic (exact) mass is 295 g/mol. The summed E-state index contributed by atoms with van der Waals surface area (Å²) in [5.74, 6) is 0. The van der Waals surface area contributed by atoms with E-state index in [9.17, 15) is 0 Å². The molecule has 0 bridgehead atoms. The van der Waals surface area contributed by atoms with Crippen molar-refractivity contribution in [3.05, 3.63) is 53.6 Å². The largest absolute Gasteiger partial charge is 0.377 e. The first-order valence-corrected chi connectivity index (χ1v) is 8.19. The predicted octanol–water partition coefficient (Wildman–Crippen LogP) is 3.76. The van der Waals surface area contributed by atoms with Gasteiger partial charge in [-0.1, -0.05) is 42.5 Å². The normalized spacial score (nSPS) is 22.3. The number of benzene rings is 1. The summed E-state index contributed by atoms with van der Waals surface area (Å²) in [5.41, 5.74) is 5.16. The van der Waals surface area contributed by atoms with Crippen LogP contribution in [0.4, 0.5) is 0 Å². The van der Waals surface area contributed by atoms with Gasteiger partial charge < -0.3 is 4.90 Å². The van der Waals surface area contributed by atoms with Crippen LogP contribution < -0.4 is 0 Å². The maximum atomic E-state index is 4.96. The van der Waals surface area contributed by atoms with Crippen LogP contribution in [0.5, 0.6) is 0 Å². The van der Waals surface area contributed by atoms with Gasteiger partial charge in [-0.15, -0.1) is 0 Å². The number of hydrazone groups is 1. The van der Waals surface area contributed by atoms with E-state index in [0.29, 0.717) is 0 Å². The highest BCUT2D eigenvalue weighted by Gasteiger charge is 2.19. The van der Waals surface area contributed by atoms with Crippen LogP contribution in [0.25, 0.3) is 5.70 Å². The lowest BCUT2D eigenvalue weighted by atomic mass is 9.93. The Balaban J connectivity index is 2.04. The van der Waals surface area contributed by atoms with Crippen molar-refractivity contribution in [3.8, 4) is 0 Å². The van der Waals surface area contributed by atoms with Crippen LogP contribution >= 0.6 is 0 Å². The molecular formula is C19H25N3. The van der Waals surface area contributed by atoms with Crippen LogP contribution in [0.15, 0.2) is 53.2 Å². The van der Waals surface area contributed by atoms with Crippen LogP contribution in [-0.2, 0) is 0 Å². The summed E-state index contributed by atoms with van der Waals surface area (Å²) in [5, 5.41) is 7.20. The van der Waals surface area contributed by atoms with Crippen LogP contribution in [-0.4, -0.2) is 42.8 Å². The molecule has 0 spiro atoms. The molecule has 1 aliphatic carbocycles. The van der Waals surface area contributed by atoms with Gasteiger partial charge in [-0.25, -0.2) is 0 Å². The van der Waals surface area contributed by atoms with Crippen molar-refractivity contribution in [1.82, 2.24) is 9.91 Å². The van der Waals surface area contributed by atoms with Crippen molar-refractivity contribution in [2.45, 2.75) is 25.7 Å². The molecule has 1 fully saturated rings. The number of hydrogen-bond acceptors (Lipinski definition) is 3. The number of hydrogen-bond donors (Lipinski definition) is 0. The SMILES string of the molecule is CN(C)C(=C1CC=CCC1=NN1CCCC1)c1ccccc1. The fourth-order valence-corrected chi connectivity index (χ4v) is 3.24. The molecule has 0 N–H and O–H groups in total. The van der Waals surface area contributed by atoms with Crippen LogP contribution in [0.1, 0.15) is 31.2 Å². The average molecular weight is 295 g/mol. The first-order valence-electron chi connectivity index (χ1n) is 8.19. The van der Waals surface area contributed by atoms with Crippen LogP contribution in [0.3, 0.4) is 0 Å². The second-order valence-electron chi connectivity index (χ2n) is 6.17. The molecule has 3 rings (SSSR count). The zero-order valence-corrected chi connectivity index (χ0v) is 13.6. The van der Waals surface area contributed by atoms with Crippen LogP contribution in [0, 0.1) is 0 Å². The molecular weight excluding hydrogens is 270 g/mol. The maximum absolute atomic E-state index is 4.96. The second kappa shape index (κ2) is 6.82. The molecule has 0 radical (unpaired) electrons. The van der Waals surface area contributed by atoms with E-state index in [0.717, 1.165) is 25.9 Å². The Labute approximate surface area is 133 Å². The van der Waals surface area contributed by atoms with E-state index in [4.69, 9.17) is 5.10 Å². The Kier molecular flexibility index (Phi) is 4.62. The lowest BCUT2D eigenvalue weighted by Crippen LogP contribution is -2.21. The Morgan fingerprint density at radius 1 is 1.00 bits per heavy atom. The fraction of sp³-hybridized carbons (Fsp3) is 0.421. The molecule has 0 unspecified atom stereocenters. The Morgan fingerprint density at radius 3 is 2.36 bits per heavy atom. The van der Waals surface area contributed by atoms with Gasteiger partial charge >= 0.3 is 0 Å². The van der Waals surface area contributed by atoms with Crippen molar-refractivity contribution >= 4 is 11.4 Å². The van der Waals surface area contributed by atoms with Crippen molar-refractivity contribution in [1.29, 1.82) is 0 Å². The molecule has 2 aliphatic rings. The molecule has 1 saturated heterocycles. The average Bonchev–Trinajstić information content (AvgIpc) is 3.03. The van der Waals surface area contributed by atoms with Gasteiger partial charge in [0.25, 0.3) is 0 Å². The van der Waals surface area contributed by atoms with Gasteiger partial charge in [0.15, 0.2) is 0 Å². The standard InChI is InChI=1S/C19H25N3/c1-21(2)19(16-10-4-3-5-11-16)17-12-6-7-13-18(17)20-22-14-8-9-15-22/h3-7,10-11H,8-9,12-15H2,1-2H3. The molecule has 0 saturated carbocycles. The zero-order valence-electron chi connectivity index (χ0n) is 13.6. The van der Waals surface area contributed by atoms with E-state index in [1.165, 1.54) is 35.4 Å². The molecule has 1 heterocycles. The van der Waals surface area contributed by atoms with Crippen molar-refractivity contribution < 1.29 is 0 Å². The Hall–Kier alpha value is -2.03. The molecule has 0 amide bonds. The quantitative estimate of drug-likeness (QED) is 0.791. The molecule has 1 aromatic rings. The van der Waals surface area contributed by atoms with Gasteiger partial charge in [0.2, 0.25) is 0 Å². The van der Waals surface area contributed by atoms with E-state index in [1.54, 1.807) is 0 Å². The smallest absolute Gasteiger partial charge is 0.0698 e. The van der Waals surface area contributed by atoms with E-state index in [2.05, 4.69) is 66.5 Å². The van der Waals surface area contributed by atoms with Crippen LogP contribution in [0.2, 0.25) is 0 Å². The first-order chi connectivity index (χ1) is 10.8. The molecule has 0 atom stereocenters. The van der Waals surface area contributed by atoms with Gasteiger partial charge in [0.05, 0.1) is 5.71 Å². The highest BCUT2D eigenvalue weighted by Crippen LogP contribution is 2.28. The first kappa shape index (κ1) is 14.9. The van der Waals surface area contributed by atoms with E-state index in [1.807, 2.05) is 0 Å². The van der Waals surface area contributed by atoms with Crippen molar-refractivity contribution in [3.63, 3.8) is 0 Å². The molecule has 22 heavy (non-hydrogen) atoms. The van der Waals surface area contributed by atoms with Gasteiger partial charge in [-0.05, 0) is 24.8 Å². The number of allylic oxidation sites excluding steroid dienone is 3. The number of rotatable bonds is 3. The molecule has 0 aromatic heterocycles. The third kappa shape index (κ3) is 3.24. The predicted molar refractivity (Wildman–Crippen MR) is 93.7 cm³/mol. The number of nitrogens with zero attached hydrogens (tertiary/aromatic N) is 3. The summed E-state index contributed by atoms with van der Waals surface area (Å²) < 4.78 is 0. The van der Waals surface area contributed by atoms with E-state index < -0.39 is 0 Å². The van der Waals surface area contributed by atoms with Gasteiger partial charge in [0.1, 0.15) is 0 Å². The minimum Gasteiger partial charge on any atom is -0.377 e. The highest BCUT2D eigenvalue weighted by molar-refractivity contribution is 6.07. The third-order valence-electron chi connectivity index (χ3n) is 4.27. The summed E-state index contributed by atoms with van der Waals surface area (Å²) in [7, 11) is 4.25. The zero-order chi connectivity index (χ0) is 15.4. The molecule has 1 aliphatic heterocycles. The summed E-state index contributed by atoms with van der Waals surface area (Å²) in [6.45, 7) is 2.20. The second-order valence-corrected chi connectivity index (χ2v) is 6.17. The molecule has 116 valence electrons. The molecule has 3 nitrogen and oxygen atoms in total. The highest BCUT2D eigenvalue weighted by atomic mass is 15.5. The minimum atomic E-state index is 0.940. The lowest BCUT2D eigenvalue weighted by molar-refractivity contribution is 0.359. The van der Waals surface area contributed by atoms with Gasteiger partial charge in [-0.2, -0.15) is 5.10 Å². The Bertz CT molecular complexity index is 590. The maximum Gasteiger partial charge on any atom is 0.0698 e. The summed E-state index contributed by atoms with van der Waals surface area (Å²) in [6.07, 6.45) is 8.96. The van der Waals surface area contributed by atoms with Gasteiger partial charge in [0, 0.05) is 44.9 Å². The van der Waals surface area contributed by atoms with E-state index in [-0.39, 0.29) is 0 Å². The Morgan fingerprint density at radius 2 is 1.68 bits per heavy atom. The topological polar surface area (TPSA) is 18.8 Å². The summed E-state index contributed by atoms with van der Waals surface area (Å²) >= 11 is 0. The van der Waals surface area contributed by atoms with Crippen molar-refractivity contribution in [2.24, 2.45) is 5.10 Å². The third-order valence-corrected chi connectivity index (χ3v) is 4.27. The fourth-order valence-electron chi connectivity index (χ4n) is 3.24. The minimum absolute atomic E-state index is 0.940. The van der Waals surface area contributed by atoms with E-state index >= 15 is 0 Å². The lowest BCUT2D eigenvalue weighted by Gasteiger charge is -2.25.